The quantitative estimate of drug-likeness (QED) is 0.346. The Balaban J connectivity index is 1.33. The molecule has 3 amide bonds. The highest BCUT2D eigenvalue weighted by atomic mass is 16.6. The minimum absolute atomic E-state index is 0.115. The fourth-order valence-electron chi connectivity index (χ4n) is 4.86. The highest BCUT2D eigenvalue weighted by Crippen LogP contribution is 2.37. The highest BCUT2D eigenvalue weighted by molar-refractivity contribution is 6.04. The van der Waals surface area contributed by atoms with E-state index in [1.165, 1.54) is 4.90 Å². The molecule has 8 heteroatoms. The Hall–Kier alpha value is -4.98. The number of carbonyl (C=O) groups excluding carboxylic acids is 3. The van der Waals surface area contributed by atoms with Gasteiger partial charge in [0.25, 0.3) is 5.91 Å². The molecular formula is C30H23N3O5. The number of cyclic esters (lactones) is 1. The van der Waals surface area contributed by atoms with Crippen molar-refractivity contribution in [3.05, 3.63) is 114 Å². The Morgan fingerprint density at radius 2 is 1.61 bits per heavy atom. The maximum absolute atomic E-state index is 13.4. The average molecular weight is 506 g/mol. The second-order valence-electron chi connectivity index (χ2n) is 9.02. The van der Waals surface area contributed by atoms with Crippen LogP contribution < -0.4 is 4.74 Å². The van der Waals surface area contributed by atoms with Gasteiger partial charge in [-0.3, -0.25) is 9.69 Å². The molecule has 3 atom stereocenters. The normalized spacial score (nSPS) is 21.0. The first-order valence-electron chi connectivity index (χ1n) is 12.2. The lowest BCUT2D eigenvalue weighted by Crippen LogP contribution is -2.72. The fraction of sp³-hybridized carbons (Fsp3) is 0.133. The summed E-state index contributed by atoms with van der Waals surface area (Å²) in [5, 5.41) is 1.000. The van der Waals surface area contributed by atoms with Crippen LogP contribution >= 0.6 is 0 Å². The predicted octanol–water partition coefficient (Wildman–Crippen LogP) is 5.22. The SMILES string of the molecule is O=C(Oc1ccccc1)N1C(=O)[C@H](N2C(=O)OCC2c2ccccc2)[C@H]1/C=C/c1ccc2ccccc2n1. The van der Waals surface area contributed by atoms with E-state index in [2.05, 4.69) is 4.98 Å². The van der Waals surface area contributed by atoms with Crippen LogP contribution in [0.25, 0.3) is 17.0 Å². The van der Waals surface area contributed by atoms with Crippen molar-refractivity contribution in [1.82, 2.24) is 14.8 Å². The summed E-state index contributed by atoms with van der Waals surface area (Å²) >= 11 is 0. The molecule has 188 valence electrons. The molecule has 0 spiro atoms. The number of ether oxygens (including phenoxy) is 2. The van der Waals surface area contributed by atoms with Crippen LogP contribution in [0.5, 0.6) is 5.75 Å². The summed E-state index contributed by atoms with van der Waals surface area (Å²) in [5.41, 5.74) is 2.32. The number of benzene rings is 3. The lowest BCUT2D eigenvalue weighted by Gasteiger charge is -2.47. The zero-order valence-electron chi connectivity index (χ0n) is 20.2. The zero-order valence-corrected chi connectivity index (χ0v) is 20.2. The van der Waals surface area contributed by atoms with Gasteiger partial charge in [-0.25, -0.2) is 19.5 Å². The van der Waals surface area contributed by atoms with Gasteiger partial charge < -0.3 is 9.47 Å². The van der Waals surface area contributed by atoms with Gasteiger partial charge in [0.2, 0.25) is 0 Å². The molecule has 0 bridgehead atoms. The van der Waals surface area contributed by atoms with E-state index in [1.807, 2.05) is 66.7 Å². The Kier molecular flexibility index (Phi) is 6.05. The van der Waals surface area contributed by atoms with E-state index < -0.39 is 36.2 Å². The molecule has 2 aliphatic heterocycles. The molecule has 6 rings (SSSR count). The molecule has 1 aromatic heterocycles. The molecule has 1 unspecified atom stereocenters. The summed E-state index contributed by atoms with van der Waals surface area (Å²) in [6.45, 7) is 0.115. The summed E-state index contributed by atoms with van der Waals surface area (Å²) in [5.74, 6) is -0.220. The molecule has 2 saturated heterocycles. The Bertz CT molecular complexity index is 1540. The van der Waals surface area contributed by atoms with Gasteiger partial charge in [-0.2, -0.15) is 0 Å². The van der Waals surface area contributed by atoms with Crippen molar-refractivity contribution < 1.29 is 23.9 Å². The van der Waals surface area contributed by atoms with Crippen LogP contribution in [-0.2, 0) is 9.53 Å². The summed E-state index contributed by atoms with van der Waals surface area (Å²) in [7, 11) is 0. The molecule has 0 aliphatic carbocycles. The third-order valence-corrected chi connectivity index (χ3v) is 6.74. The number of imide groups is 1. The maximum atomic E-state index is 13.4. The first-order valence-corrected chi connectivity index (χ1v) is 12.2. The molecule has 0 radical (unpaired) electrons. The molecule has 0 N–H and O–H groups in total. The van der Waals surface area contributed by atoms with Crippen molar-refractivity contribution in [3.8, 4) is 5.75 Å². The minimum Gasteiger partial charge on any atom is -0.447 e. The van der Waals surface area contributed by atoms with Crippen LogP contribution in [0.3, 0.4) is 0 Å². The van der Waals surface area contributed by atoms with Gasteiger partial charge in [0.05, 0.1) is 23.3 Å². The molecule has 8 nitrogen and oxygen atoms in total. The van der Waals surface area contributed by atoms with E-state index in [4.69, 9.17) is 9.47 Å². The lowest BCUT2D eigenvalue weighted by molar-refractivity contribution is -0.150. The molecule has 3 aromatic carbocycles. The molecule has 2 aliphatic rings. The van der Waals surface area contributed by atoms with E-state index in [1.54, 1.807) is 42.5 Å². The number of pyridine rings is 1. The minimum atomic E-state index is -0.935. The van der Waals surface area contributed by atoms with Crippen LogP contribution in [0.15, 0.2) is 103 Å². The van der Waals surface area contributed by atoms with Gasteiger partial charge in [-0.15, -0.1) is 0 Å². The maximum Gasteiger partial charge on any atom is 0.422 e. The number of aromatic nitrogens is 1. The van der Waals surface area contributed by atoms with Crippen LogP contribution in [0.2, 0.25) is 0 Å². The number of carbonyl (C=O) groups is 3. The van der Waals surface area contributed by atoms with Crippen molar-refractivity contribution in [1.29, 1.82) is 0 Å². The van der Waals surface area contributed by atoms with Crippen molar-refractivity contribution in [3.63, 3.8) is 0 Å². The highest BCUT2D eigenvalue weighted by Gasteiger charge is 2.58. The topological polar surface area (TPSA) is 89.0 Å². The van der Waals surface area contributed by atoms with Crippen molar-refractivity contribution in [2.75, 3.05) is 6.61 Å². The van der Waals surface area contributed by atoms with Gasteiger partial charge in [-0.05, 0) is 35.9 Å². The van der Waals surface area contributed by atoms with Crippen molar-refractivity contribution in [2.24, 2.45) is 0 Å². The Morgan fingerprint density at radius 3 is 2.39 bits per heavy atom. The number of fused-ring (bicyclic) bond motifs is 1. The second kappa shape index (κ2) is 9.82. The summed E-state index contributed by atoms with van der Waals surface area (Å²) in [6.07, 6.45) is 2.04. The number of rotatable bonds is 5. The van der Waals surface area contributed by atoms with Crippen LogP contribution in [0.4, 0.5) is 9.59 Å². The number of amides is 3. The van der Waals surface area contributed by atoms with E-state index in [9.17, 15) is 14.4 Å². The number of hydrogen-bond donors (Lipinski definition) is 0. The fourth-order valence-corrected chi connectivity index (χ4v) is 4.86. The van der Waals surface area contributed by atoms with Gasteiger partial charge >= 0.3 is 12.2 Å². The molecular weight excluding hydrogens is 482 g/mol. The van der Waals surface area contributed by atoms with Crippen LogP contribution in [0, 0.1) is 0 Å². The lowest BCUT2D eigenvalue weighted by atomic mass is 9.91. The van der Waals surface area contributed by atoms with Crippen LogP contribution in [-0.4, -0.2) is 51.6 Å². The number of nitrogens with zero attached hydrogens (tertiary/aromatic N) is 3. The molecule has 0 saturated carbocycles. The van der Waals surface area contributed by atoms with Crippen molar-refractivity contribution in [2.45, 2.75) is 18.1 Å². The molecule has 38 heavy (non-hydrogen) atoms. The standard InChI is InChI=1S/C30H23N3O5/c34-28-27(32-26(19-37-29(32)35)21-10-3-1-4-11-21)25(33(28)30(36)38-23-12-5-2-6-13-23)18-17-22-16-15-20-9-7-8-14-24(20)31-22/h1-18,25-27H,19H2/b18-17+/t25-,26?,27-/m1/s1. The van der Waals surface area contributed by atoms with E-state index in [0.717, 1.165) is 21.4 Å². The van der Waals surface area contributed by atoms with Gasteiger partial charge in [-0.1, -0.05) is 78.9 Å². The van der Waals surface area contributed by atoms with Crippen molar-refractivity contribution >= 4 is 35.1 Å². The number of likely N-dealkylation sites (tertiary alicyclic amines) is 1. The summed E-state index contributed by atoms with van der Waals surface area (Å²) in [6, 6.07) is 27.3. The molecule has 3 heterocycles. The summed E-state index contributed by atoms with van der Waals surface area (Å²) in [4.78, 5) is 46.5. The summed E-state index contributed by atoms with van der Waals surface area (Å²) < 4.78 is 10.8. The Morgan fingerprint density at radius 1 is 0.895 bits per heavy atom. The number of hydrogen-bond acceptors (Lipinski definition) is 6. The number of para-hydroxylation sites is 2. The van der Waals surface area contributed by atoms with Gasteiger partial charge in [0, 0.05) is 5.39 Å². The first-order chi connectivity index (χ1) is 18.6. The van der Waals surface area contributed by atoms with E-state index >= 15 is 0 Å². The largest absolute Gasteiger partial charge is 0.447 e. The Labute approximate surface area is 218 Å². The second-order valence-corrected chi connectivity index (χ2v) is 9.02. The zero-order chi connectivity index (χ0) is 26.1. The van der Waals surface area contributed by atoms with E-state index in [-0.39, 0.29) is 6.61 Å². The van der Waals surface area contributed by atoms with Crippen LogP contribution in [0.1, 0.15) is 17.3 Å². The monoisotopic (exact) mass is 505 g/mol. The smallest absolute Gasteiger partial charge is 0.422 e. The predicted molar refractivity (Wildman–Crippen MR) is 140 cm³/mol. The van der Waals surface area contributed by atoms with Gasteiger partial charge in [0.15, 0.2) is 0 Å². The molecule has 2 fully saturated rings. The van der Waals surface area contributed by atoms with Gasteiger partial charge in [0.1, 0.15) is 18.4 Å². The average Bonchev–Trinajstić information content (AvgIpc) is 3.32. The first kappa shape index (κ1) is 23.4. The third kappa shape index (κ3) is 4.26. The van der Waals surface area contributed by atoms with E-state index in [0.29, 0.717) is 11.4 Å². The number of β-lactam (4-membered cyclic amide) rings is 1. The molecule has 4 aromatic rings. The third-order valence-electron chi connectivity index (χ3n) is 6.74.